The first-order valence-electron chi connectivity index (χ1n) is 4.47. The molecule has 0 fully saturated rings. The Morgan fingerprint density at radius 3 is 2.71 bits per heavy atom. The Morgan fingerprint density at radius 2 is 2.35 bits per heavy atom. The summed E-state index contributed by atoms with van der Waals surface area (Å²) >= 11 is 1.29. The van der Waals surface area contributed by atoms with Gasteiger partial charge in [-0.1, -0.05) is 0 Å². The zero-order chi connectivity index (χ0) is 12.6. The van der Waals surface area contributed by atoms with Gasteiger partial charge in [0.25, 0.3) is 0 Å². The number of allylic oxidation sites excluding steroid dienone is 2. The molecule has 0 radical (unpaired) electrons. The van der Waals surface area contributed by atoms with Crippen LogP contribution in [0.3, 0.4) is 0 Å². The number of hydrogen-bond donors (Lipinski definition) is 1. The quantitative estimate of drug-likeness (QED) is 0.261. The molecule has 3 atom stereocenters. The zero-order valence-corrected chi connectivity index (χ0v) is 19.7. The molecule has 0 aliphatic heterocycles. The molecule has 92 valence electrons. The molecule has 0 aliphatic rings. The minimum Gasteiger partial charge on any atom is 2.00 e. The molecule has 7 heteroatoms. The topological polar surface area (TPSA) is 32.6 Å². The number of aliphatic hydroxyl groups is 1. The van der Waals surface area contributed by atoms with Crippen LogP contribution >= 0.6 is 24.9 Å². The molecule has 0 saturated heterocycles. The molecule has 3 unspecified atom stereocenters. The smallest absolute Gasteiger partial charge is 2.00 e. The maximum atomic E-state index is 10.1. The van der Waals surface area contributed by atoms with Crippen LogP contribution in [0.25, 0.3) is 0 Å². The van der Waals surface area contributed by atoms with Crippen molar-refractivity contribution in [3.8, 4) is 0 Å². The van der Waals surface area contributed by atoms with Crippen LogP contribution in [0, 0.1) is 51.0 Å². The van der Waals surface area contributed by atoms with E-state index in [1.807, 2.05) is 4.40 Å². The summed E-state index contributed by atoms with van der Waals surface area (Å²) in [6, 6.07) is 0. The standard InChI is InChI=1S/C10H15NOP3.U.W/c1-5-7-9(10(4,12)6-2)8(3)11-14-15-13;;/h3,7,12,15H,2,4,6,13H2,1H3;;/q-3;+2;/b9-8-;;. The van der Waals surface area contributed by atoms with E-state index in [0.717, 1.165) is 13.8 Å². The molecule has 0 spiro atoms. The number of rotatable bonds is 6. The van der Waals surface area contributed by atoms with Crippen LogP contribution in [-0.2, 0) is 19.4 Å². The summed E-state index contributed by atoms with van der Waals surface area (Å²) in [5, 5.41) is 10.1. The van der Waals surface area contributed by atoms with E-state index in [0.29, 0.717) is 20.0 Å². The van der Waals surface area contributed by atoms with Gasteiger partial charge in [0.2, 0.25) is 0 Å². The SMILES string of the molecule is [CH2-]CC([CH2-])(O)/C(C=[C-]C)=C(/[CH]=[W])N=PPP.[U+2]. The minimum absolute atomic E-state index is 0. The summed E-state index contributed by atoms with van der Waals surface area (Å²) in [4.78, 5) is 0. The molecule has 0 aliphatic carbocycles. The molecule has 0 amide bonds. The van der Waals surface area contributed by atoms with Crippen LogP contribution in [-0.4, -0.2) is 15.1 Å². The summed E-state index contributed by atoms with van der Waals surface area (Å²) in [5.74, 6) is 0. The fraction of sp³-hybridized carbons (Fsp3) is 0.300. The summed E-state index contributed by atoms with van der Waals surface area (Å²) < 4.78 is 6.35. The Bertz CT molecular complexity index is 330. The molecule has 0 bridgehead atoms. The van der Waals surface area contributed by atoms with Crippen LogP contribution < -0.4 is 0 Å². The molecule has 0 rings (SSSR count). The van der Waals surface area contributed by atoms with Gasteiger partial charge in [-0.25, -0.2) is 0 Å². The molecular formula is C10H15NOP3UW-. The first-order valence-corrected chi connectivity index (χ1v) is 10.7. The molecule has 17 heavy (non-hydrogen) atoms. The first kappa shape index (κ1) is 21.3. The van der Waals surface area contributed by atoms with Gasteiger partial charge in [-0.15, -0.1) is 0 Å². The van der Waals surface area contributed by atoms with E-state index in [1.165, 1.54) is 19.4 Å². The van der Waals surface area contributed by atoms with Crippen molar-refractivity contribution in [2.75, 3.05) is 0 Å². The molecule has 0 heterocycles. The minimum atomic E-state index is -1.19. The second-order valence-corrected chi connectivity index (χ2v) is 8.16. The summed E-state index contributed by atoms with van der Waals surface area (Å²) in [6.07, 6.45) is 4.95. The van der Waals surface area contributed by atoms with E-state index in [2.05, 4.69) is 33.6 Å². The molecular weight excluding hydrogens is 665 g/mol. The van der Waals surface area contributed by atoms with Crippen molar-refractivity contribution in [2.24, 2.45) is 4.74 Å². The Balaban J connectivity index is 0. The van der Waals surface area contributed by atoms with E-state index in [1.54, 1.807) is 13.0 Å². The fourth-order valence-corrected chi connectivity index (χ4v) is 3.25. The third kappa shape index (κ3) is 8.01. The predicted molar refractivity (Wildman–Crippen MR) is 74.2 cm³/mol. The van der Waals surface area contributed by atoms with Gasteiger partial charge in [-0.3, -0.25) is 0 Å². The number of nitrogens with zero attached hydrogens (tertiary/aromatic N) is 1. The van der Waals surface area contributed by atoms with Crippen molar-refractivity contribution in [3.63, 3.8) is 0 Å². The van der Waals surface area contributed by atoms with Crippen molar-refractivity contribution >= 4 is 29.3 Å². The van der Waals surface area contributed by atoms with Crippen LogP contribution in [0.1, 0.15) is 13.3 Å². The molecule has 1 N–H and O–H groups in total. The molecule has 0 aromatic heterocycles. The Hall–Kier alpha value is 2.01. The Labute approximate surface area is 144 Å². The van der Waals surface area contributed by atoms with Gasteiger partial charge in [0.15, 0.2) is 0 Å². The van der Waals surface area contributed by atoms with Crippen LogP contribution in [0.2, 0.25) is 0 Å². The van der Waals surface area contributed by atoms with E-state index in [9.17, 15) is 5.11 Å². The second-order valence-electron chi connectivity index (χ2n) is 2.96. The monoisotopic (exact) mass is 680 g/mol. The fourth-order valence-electron chi connectivity index (χ4n) is 0.949. The normalized spacial score (nSPS) is 17.2. The Morgan fingerprint density at radius 1 is 1.76 bits per heavy atom. The summed E-state index contributed by atoms with van der Waals surface area (Å²) in [5.41, 5.74) is 0.297. The summed E-state index contributed by atoms with van der Waals surface area (Å²) in [6.45, 7) is 9.27. The van der Waals surface area contributed by atoms with E-state index in [4.69, 9.17) is 0 Å². The van der Waals surface area contributed by atoms with Crippen LogP contribution in [0.5, 0.6) is 0 Å². The van der Waals surface area contributed by atoms with Crippen molar-refractivity contribution in [1.29, 1.82) is 0 Å². The van der Waals surface area contributed by atoms with Gasteiger partial charge < -0.3 is 0 Å². The maximum absolute atomic E-state index is 10.1. The summed E-state index contributed by atoms with van der Waals surface area (Å²) in [7, 11) is 4.28. The van der Waals surface area contributed by atoms with E-state index < -0.39 is 5.60 Å². The van der Waals surface area contributed by atoms with Gasteiger partial charge in [0.1, 0.15) is 0 Å². The van der Waals surface area contributed by atoms with E-state index in [-0.39, 0.29) is 31.1 Å². The molecule has 0 aromatic carbocycles. The van der Waals surface area contributed by atoms with Crippen molar-refractivity contribution in [3.05, 3.63) is 37.3 Å². The van der Waals surface area contributed by atoms with Gasteiger partial charge in [-0.2, -0.15) is 0 Å². The van der Waals surface area contributed by atoms with Gasteiger partial charge in [0, 0.05) is 0 Å². The molecule has 0 saturated carbocycles. The largest absolute Gasteiger partial charge is 2.00 e. The van der Waals surface area contributed by atoms with Gasteiger partial charge >= 0.3 is 146 Å². The maximum Gasteiger partial charge on any atom is 2.00 e. The Kier molecular flexibility index (Phi) is 14.8. The second kappa shape index (κ2) is 11.8. The van der Waals surface area contributed by atoms with E-state index >= 15 is 0 Å². The van der Waals surface area contributed by atoms with Crippen molar-refractivity contribution in [1.82, 2.24) is 0 Å². The third-order valence-electron chi connectivity index (χ3n) is 1.81. The number of hydrogen-bond acceptors (Lipinski definition) is 2. The third-order valence-corrected chi connectivity index (χ3v) is 4.73. The average Bonchev–Trinajstić information content (AvgIpc) is 2.28. The predicted octanol–water partition coefficient (Wildman–Crippen LogP) is 3.27. The van der Waals surface area contributed by atoms with Crippen molar-refractivity contribution in [2.45, 2.75) is 18.9 Å². The molecule has 0 aromatic rings. The van der Waals surface area contributed by atoms with Crippen molar-refractivity contribution < 1.29 is 55.6 Å². The van der Waals surface area contributed by atoms with Gasteiger partial charge in [0.05, 0.1) is 0 Å². The molecule has 2 nitrogen and oxygen atoms in total. The van der Waals surface area contributed by atoms with Crippen LogP contribution in [0.15, 0.2) is 22.1 Å². The average molecular weight is 680 g/mol. The van der Waals surface area contributed by atoms with Gasteiger partial charge in [-0.05, 0) is 0 Å². The van der Waals surface area contributed by atoms with Crippen LogP contribution in [0.4, 0.5) is 0 Å². The first-order chi connectivity index (χ1) is 7.53. The zero-order valence-electron chi connectivity index (χ0n) is 9.60.